The summed E-state index contributed by atoms with van der Waals surface area (Å²) in [5.41, 5.74) is 1.82. The summed E-state index contributed by atoms with van der Waals surface area (Å²) in [5, 5.41) is 5.19. The molecule has 0 aromatic heterocycles. The van der Waals surface area contributed by atoms with Crippen LogP contribution in [0.1, 0.15) is 25.7 Å². The Labute approximate surface area is 163 Å². The molecule has 2 aliphatic rings. The summed E-state index contributed by atoms with van der Waals surface area (Å²) in [7, 11) is 0. The molecule has 7 heteroatoms. The summed E-state index contributed by atoms with van der Waals surface area (Å²) in [6.07, 6.45) is 4.26. The van der Waals surface area contributed by atoms with Crippen LogP contribution in [0.2, 0.25) is 0 Å². The number of hydrogen-bond acceptors (Lipinski definition) is 3. The summed E-state index contributed by atoms with van der Waals surface area (Å²) in [5.74, 6) is -0.721. The van der Waals surface area contributed by atoms with Gasteiger partial charge in [-0.2, -0.15) is 0 Å². The van der Waals surface area contributed by atoms with Crippen LogP contribution in [0.3, 0.4) is 0 Å². The number of urea groups is 1. The molecule has 2 N–H and O–H groups in total. The molecule has 4 rings (SSSR count). The van der Waals surface area contributed by atoms with Crippen LogP contribution in [-0.4, -0.2) is 32.2 Å². The van der Waals surface area contributed by atoms with Crippen molar-refractivity contribution in [1.29, 1.82) is 0 Å². The van der Waals surface area contributed by atoms with E-state index in [-0.39, 0.29) is 11.6 Å². The lowest BCUT2D eigenvalue weighted by Crippen LogP contribution is -2.22. The highest BCUT2D eigenvalue weighted by molar-refractivity contribution is 6.00. The van der Waals surface area contributed by atoms with Crippen LogP contribution in [0.15, 0.2) is 36.4 Å². The number of rotatable bonds is 4. The average molecular weight is 386 g/mol. The number of hydrogen-bond donors (Lipinski definition) is 2. The van der Waals surface area contributed by atoms with Crippen molar-refractivity contribution >= 4 is 28.8 Å². The highest BCUT2D eigenvalue weighted by Crippen LogP contribution is 2.27. The van der Waals surface area contributed by atoms with Crippen molar-refractivity contribution in [1.82, 2.24) is 0 Å². The molecule has 2 aliphatic heterocycles. The number of carbonyl (C=O) groups is 1. The van der Waals surface area contributed by atoms with Crippen LogP contribution in [-0.2, 0) is 0 Å². The Bertz CT molecular complexity index is 792. The van der Waals surface area contributed by atoms with Crippen molar-refractivity contribution in [3.05, 3.63) is 48.0 Å². The van der Waals surface area contributed by atoms with Gasteiger partial charge in [0, 0.05) is 37.6 Å². The third kappa shape index (κ3) is 4.03. The fourth-order valence-electron chi connectivity index (χ4n) is 3.89. The standard InChI is InChI=1S/C21H24F2N4O/c22-17-13-15(5-7-19(17)26-9-1-2-10-26)24-21(28)25-16-6-8-20(18(23)14-16)27-11-3-4-12-27/h5-8,13-14H,1-4,9-12H2,(H2,24,25,28). The molecule has 0 saturated carbocycles. The van der Waals surface area contributed by atoms with E-state index in [1.54, 1.807) is 24.3 Å². The Balaban J connectivity index is 1.39. The third-order valence-electron chi connectivity index (χ3n) is 5.30. The molecule has 0 spiro atoms. The number of halogens is 2. The first-order valence-corrected chi connectivity index (χ1v) is 9.77. The van der Waals surface area contributed by atoms with Crippen molar-refractivity contribution in [3.63, 3.8) is 0 Å². The Morgan fingerprint density at radius 1 is 0.714 bits per heavy atom. The molecule has 2 aromatic carbocycles. The quantitative estimate of drug-likeness (QED) is 0.793. The lowest BCUT2D eigenvalue weighted by atomic mass is 10.2. The number of nitrogens with one attached hydrogen (secondary N) is 2. The van der Waals surface area contributed by atoms with Crippen molar-refractivity contribution in [2.24, 2.45) is 0 Å². The van der Waals surface area contributed by atoms with Crippen LogP contribution >= 0.6 is 0 Å². The molecule has 0 atom stereocenters. The predicted molar refractivity (Wildman–Crippen MR) is 108 cm³/mol. The maximum atomic E-state index is 14.4. The zero-order valence-electron chi connectivity index (χ0n) is 15.7. The Morgan fingerprint density at radius 3 is 1.46 bits per heavy atom. The van der Waals surface area contributed by atoms with Gasteiger partial charge in [0.05, 0.1) is 11.4 Å². The average Bonchev–Trinajstić information content (AvgIpc) is 3.36. The molecule has 5 nitrogen and oxygen atoms in total. The molecule has 2 amide bonds. The van der Waals surface area contributed by atoms with Gasteiger partial charge in [0.25, 0.3) is 0 Å². The number of carbonyl (C=O) groups excluding carboxylic acids is 1. The van der Waals surface area contributed by atoms with Crippen molar-refractivity contribution in [3.8, 4) is 0 Å². The van der Waals surface area contributed by atoms with Crippen LogP contribution in [0.5, 0.6) is 0 Å². The minimum Gasteiger partial charge on any atom is -0.369 e. The molecule has 0 aliphatic carbocycles. The maximum Gasteiger partial charge on any atom is 0.323 e. The Kier molecular flexibility index (Phi) is 5.32. The minimum absolute atomic E-state index is 0.354. The van der Waals surface area contributed by atoms with Gasteiger partial charge in [-0.05, 0) is 62.1 Å². The second-order valence-corrected chi connectivity index (χ2v) is 7.30. The summed E-state index contributed by atoms with van der Waals surface area (Å²) >= 11 is 0. The van der Waals surface area contributed by atoms with Crippen LogP contribution in [0.4, 0.5) is 36.3 Å². The third-order valence-corrected chi connectivity index (χ3v) is 5.30. The fraction of sp³-hybridized carbons (Fsp3) is 0.381. The summed E-state index contributed by atoms with van der Waals surface area (Å²) in [4.78, 5) is 16.2. The molecule has 2 saturated heterocycles. The van der Waals surface area contributed by atoms with Crippen LogP contribution < -0.4 is 20.4 Å². The van der Waals surface area contributed by atoms with Crippen molar-refractivity contribution in [2.75, 3.05) is 46.6 Å². The van der Waals surface area contributed by atoms with E-state index in [1.165, 1.54) is 12.1 Å². The van der Waals surface area contributed by atoms with Gasteiger partial charge in [0.2, 0.25) is 0 Å². The minimum atomic E-state index is -0.540. The molecule has 2 aromatic rings. The van der Waals surface area contributed by atoms with E-state index < -0.39 is 6.03 Å². The Morgan fingerprint density at radius 2 is 1.11 bits per heavy atom. The van der Waals surface area contributed by atoms with Crippen LogP contribution in [0.25, 0.3) is 0 Å². The number of amides is 2. The molecular weight excluding hydrogens is 362 g/mol. The molecule has 0 radical (unpaired) electrons. The van der Waals surface area contributed by atoms with Crippen molar-refractivity contribution < 1.29 is 13.6 Å². The lowest BCUT2D eigenvalue weighted by Gasteiger charge is -2.19. The second-order valence-electron chi connectivity index (χ2n) is 7.30. The first kappa shape index (κ1) is 18.5. The van der Waals surface area contributed by atoms with E-state index in [1.807, 2.05) is 9.80 Å². The van der Waals surface area contributed by atoms with Gasteiger partial charge < -0.3 is 20.4 Å². The monoisotopic (exact) mass is 386 g/mol. The summed E-state index contributed by atoms with van der Waals surface area (Å²) < 4.78 is 28.7. The number of anilines is 4. The fourth-order valence-corrected chi connectivity index (χ4v) is 3.89. The largest absolute Gasteiger partial charge is 0.369 e. The van der Waals surface area contributed by atoms with Gasteiger partial charge in [0.15, 0.2) is 0 Å². The Hall–Kier alpha value is -2.83. The highest BCUT2D eigenvalue weighted by atomic mass is 19.1. The zero-order chi connectivity index (χ0) is 19.5. The predicted octanol–water partition coefficient (Wildman–Crippen LogP) is 4.81. The molecule has 0 unspecified atom stereocenters. The second kappa shape index (κ2) is 8.04. The summed E-state index contributed by atoms with van der Waals surface area (Å²) in [6.45, 7) is 3.40. The van der Waals surface area contributed by atoms with E-state index in [0.29, 0.717) is 22.7 Å². The van der Waals surface area contributed by atoms with Gasteiger partial charge in [-0.15, -0.1) is 0 Å². The SMILES string of the molecule is O=C(Nc1ccc(N2CCCC2)c(F)c1)Nc1ccc(N2CCCC2)c(F)c1. The maximum absolute atomic E-state index is 14.4. The van der Waals surface area contributed by atoms with Gasteiger partial charge in [0.1, 0.15) is 11.6 Å². The first-order valence-electron chi connectivity index (χ1n) is 9.77. The first-order chi connectivity index (χ1) is 13.6. The molecular formula is C21H24F2N4O. The van der Waals surface area contributed by atoms with E-state index >= 15 is 0 Å². The van der Waals surface area contributed by atoms with E-state index in [2.05, 4.69) is 10.6 Å². The van der Waals surface area contributed by atoms with Gasteiger partial charge in [-0.25, -0.2) is 13.6 Å². The van der Waals surface area contributed by atoms with E-state index in [0.717, 1.165) is 51.9 Å². The van der Waals surface area contributed by atoms with E-state index in [4.69, 9.17) is 0 Å². The van der Waals surface area contributed by atoms with Gasteiger partial charge in [-0.3, -0.25) is 0 Å². The lowest BCUT2D eigenvalue weighted by molar-refractivity contribution is 0.262. The zero-order valence-corrected chi connectivity index (χ0v) is 15.7. The number of nitrogens with zero attached hydrogens (tertiary/aromatic N) is 2. The van der Waals surface area contributed by atoms with Gasteiger partial charge in [-0.1, -0.05) is 0 Å². The topological polar surface area (TPSA) is 47.6 Å². The molecule has 0 bridgehead atoms. The summed E-state index contributed by atoms with van der Waals surface area (Å²) in [6, 6.07) is 8.79. The molecule has 2 heterocycles. The molecule has 28 heavy (non-hydrogen) atoms. The normalized spacial score (nSPS) is 16.5. The molecule has 2 fully saturated rings. The van der Waals surface area contributed by atoms with Gasteiger partial charge >= 0.3 is 6.03 Å². The smallest absolute Gasteiger partial charge is 0.323 e. The van der Waals surface area contributed by atoms with Crippen molar-refractivity contribution in [2.45, 2.75) is 25.7 Å². The highest BCUT2D eigenvalue weighted by Gasteiger charge is 2.18. The molecule has 148 valence electrons. The van der Waals surface area contributed by atoms with E-state index in [9.17, 15) is 13.6 Å². The number of benzene rings is 2. The van der Waals surface area contributed by atoms with Crippen LogP contribution in [0, 0.1) is 11.6 Å².